The van der Waals surface area contributed by atoms with Gasteiger partial charge in [0.1, 0.15) is 0 Å². The molecule has 2 nitrogen and oxygen atoms in total. The SMILES string of the molecule is CC(C)N1C2CCC[C@@H]1CC2.NS. The van der Waals surface area contributed by atoms with Gasteiger partial charge in [-0.1, -0.05) is 6.42 Å². The monoisotopic (exact) mass is 202 g/mol. The zero-order chi connectivity index (χ0) is 9.84. The molecule has 0 aliphatic carbocycles. The van der Waals surface area contributed by atoms with Crippen LogP contribution in [0.3, 0.4) is 0 Å². The molecule has 0 saturated carbocycles. The maximum absolute atomic E-state index is 4.19. The maximum atomic E-state index is 4.19. The van der Waals surface area contributed by atoms with E-state index in [-0.39, 0.29) is 0 Å². The Morgan fingerprint density at radius 2 is 1.54 bits per heavy atom. The number of fused-ring (bicyclic) bond motifs is 2. The molecule has 0 aromatic rings. The van der Waals surface area contributed by atoms with Gasteiger partial charge < -0.3 is 0 Å². The van der Waals surface area contributed by atoms with Crippen molar-refractivity contribution in [1.82, 2.24) is 4.90 Å². The van der Waals surface area contributed by atoms with Crippen LogP contribution in [-0.2, 0) is 0 Å². The van der Waals surface area contributed by atoms with Crippen molar-refractivity contribution in [3.05, 3.63) is 0 Å². The van der Waals surface area contributed by atoms with Crippen LogP contribution in [0.2, 0.25) is 0 Å². The van der Waals surface area contributed by atoms with Crippen LogP contribution in [0.15, 0.2) is 0 Å². The summed E-state index contributed by atoms with van der Waals surface area (Å²) < 4.78 is 0. The zero-order valence-corrected chi connectivity index (χ0v) is 9.63. The first-order chi connectivity index (χ1) is 6.29. The van der Waals surface area contributed by atoms with Crippen molar-refractivity contribution in [3.63, 3.8) is 0 Å². The second-order valence-electron chi connectivity index (χ2n) is 4.36. The molecule has 2 saturated heterocycles. The number of thiol groups is 1. The maximum Gasteiger partial charge on any atom is 0.0101 e. The summed E-state index contributed by atoms with van der Waals surface area (Å²) in [4.78, 5) is 2.75. The molecule has 78 valence electrons. The average molecular weight is 202 g/mol. The van der Waals surface area contributed by atoms with Crippen LogP contribution in [0, 0.1) is 0 Å². The van der Waals surface area contributed by atoms with Crippen molar-refractivity contribution in [2.45, 2.75) is 64.1 Å². The van der Waals surface area contributed by atoms with E-state index in [1.54, 1.807) is 0 Å². The third kappa shape index (κ3) is 2.39. The largest absolute Gasteiger partial charge is 0.295 e. The average Bonchev–Trinajstić information content (AvgIpc) is 2.41. The third-order valence-electron chi connectivity index (χ3n) is 3.35. The summed E-state index contributed by atoms with van der Waals surface area (Å²) in [5, 5.41) is 4.19. The summed E-state index contributed by atoms with van der Waals surface area (Å²) in [6.07, 6.45) is 7.37. The van der Waals surface area contributed by atoms with Gasteiger partial charge in [0, 0.05) is 18.1 Å². The van der Waals surface area contributed by atoms with Crippen LogP contribution >= 0.6 is 12.8 Å². The van der Waals surface area contributed by atoms with Gasteiger partial charge in [0.25, 0.3) is 0 Å². The zero-order valence-electron chi connectivity index (χ0n) is 8.74. The highest BCUT2D eigenvalue weighted by Gasteiger charge is 2.37. The summed E-state index contributed by atoms with van der Waals surface area (Å²) in [5.41, 5.74) is 0. The Labute approximate surface area is 87.4 Å². The summed E-state index contributed by atoms with van der Waals surface area (Å²) in [6.45, 7) is 4.69. The predicted octanol–water partition coefficient (Wildman–Crippen LogP) is 2.20. The van der Waals surface area contributed by atoms with Crippen LogP contribution in [0.1, 0.15) is 46.0 Å². The topological polar surface area (TPSA) is 29.3 Å². The van der Waals surface area contributed by atoms with Crippen molar-refractivity contribution in [1.29, 1.82) is 0 Å². The van der Waals surface area contributed by atoms with Crippen molar-refractivity contribution in [2.24, 2.45) is 5.14 Å². The van der Waals surface area contributed by atoms with Gasteiger partial charge in [0.2, 0.25) is 0 Å². The van der Waals surface area contributed by atoms with Gasteiger partial charge >= 0.3 is 0 Å². The fourth-order valence-electron chi connectivity index (χ4n) is 3.00. The molecule has 2 N–H and O–H groups in total. The van der Waals surface area contributed by atoms with Crippen molar-refractivity contribution < 1.29 is 0 Å². The van der Waals surface area contributed by atoms with Crippen molar-refractivity contribution >= 4 is 12.8 Å². The molecule has 0 radical (unpaired) electrons. The number of nitrogens with two attached hydrogens (primary N) is 1. The van der Waals surface area contributed by atoms with Crippen LogP contribution in [0.5, 0.6) is 0 Å². The normalized spacial score (nSPS) is 33.0. The number of rotatable bonds is 1. The fourth-order valence-corrected chi connectivity index (χ4v) is 3.00. The lowest BCUT2D eigenvalue weighted by molar-refractivity contribution is 0.104. The lowest BCUT2D eigenvalue weighted by atomic mass is 10.0. The Morgan fingerprint density at radius 3 is 1.85 bits per heavy atom. The molecule has 0 spiro atoms. The van der Waals surface area contributed by atoms with E-state index >= 15 is 0 Å². The van der Waals surface area contributed by atoms with E-state index in [1.165, 1.54) is 32.1 Å². The molecule has 0 amide bonds. The Morgan fingerprint density at radius 1 is 1.08 bits per heavy atom. The third-order valence-corrected chi connectivity index (χ3v) is 3.35. The highest BCUT2D eigenvalue weighted by Crippen LogP contribution is 2.36. The molecule has 2 aliphatic heterocycles. The molecular formula is C10H22N2S. The number of piperidine rings is 1. The number of hydrogen-bond acceptors (Lipinski definition) is 3. The second kappa shape index (κ2) is 5.23. The molecule has 2 aliphatic rings. The van der Waals surface area contributed by atoms with Gasteiger partial charge in [-0.3, -0.25) is 10.0 Å². The first-order valence-electron chi connectivity index (χ1n) is 5.32. The van der Waals surface area contributed by atoms with Gasteiger partial charge in [-0.25, -0.2) is 0 Å². The smallest absolute Gasteiger partial charge is 0.0101 e. The molecule has 2 bridgehead atoms. The van der Waals surface area contributed by atoms with Gasteiger partial charge in [-0.15, -0.1) is 12.8 Å². The molecule has 2 fully saturated rings. The molecule has 3 heteroatoms. The standard InChI is InChI=1S/C10H19N.H3NS/c1-8(2)11-9-4-3-5-10(11)7-6-9;1-2/h8-10H,3-7H2,1-2H3;2H,1H2/t9-,10?;/m1./s1. The van der Waals surface area contributed by atoms with E-state index < -0.39 is 0 Å². The van der Waals surface area contributed by atoms with E-state index in [0.717, 1.165) is 18.1 Å². The van der Waals surface area contributed by atoms with Crippen molar-refractivity contribution in [3.8, 4) is 0 Å². The van der Waals surface area contributed by atoms with E-state index in [0.29, 0.717) is 0 Å². The van der Waals surface area contributed by atoms with Crippen LogP contribution in [0.25, 0.3) is 0 Å². The molecular weight excluding hydrogens is 180 g/mol. The van der Waals surface area contributed by atoms with Gasteiger partial charge in [-0.05, 0) is 39.5 Å². The minimum atomic E-state index is 0.785. The van der Waals surface area contributed by atoms with Gasteiger partial charge in [0.05, 0.1) is 0 Å². The highest BCUT2D eigenvalue weighted by atomic mass is 32.1. The fraction of sp³-hybridized carbons (Fsp3) is 1.00. The van der Waals surface area contributed by atoms with E-state index in [4.69, 9.17) is 0 Å². The lowest BCUT2D eigenvalue weighted by Crippen LogP contribution is -2.43. The molecule has 2 heterocycles. The lowest BCUT2D eigenvalue weighted by Gasteiger charge is -2.37. The van der Waals surface area contributed by atoms with Crippen LogP contribution in [-0.4, -0.2) is 23.0 Å². The van der Waals surface area contributed by atoms with E-state index in [2.05, 4.69) is 36.7 Å². The summed E-state index contributed by atoms with van der Waals surface area (Å²) in [6, 6.07) is 2.69. The summed E-state index contributed by atoms with van der Waals surface area (Å²) in [5.74, 6) is 0. The number of nitrogens with zero attached hydrogens (tertiary/aromatic N) is 1. The molecule has 2 atom stereocenters. The summed E-state index contributed by atoms with van der Waals surface area (Å²) in [7, 11) is 0. The Bertz CT molecular complexity index is 134. The van der Waals surface area contributed by atoms with Gasteiger partial charge in [-0.2, -0.15) is 0 Å². The second-order valence-corrected chi connectivity index (χ2v) is 4.36. The van der Waals surface area contributed by atoms with E-state index in [9.17, 15) is 0 Å². The molecule has 0 aromatic heterocycles. The minimum Gasteiger partial charge on any atom is -0.295 e. The molecule has 13 heavy (non-hydrogen) atoms. The number of hydrogen-bond donors (Lipinski definition) is 2. The summed E-state index contributed by atoms with van der Waals surface area (Å²) >= 11 is 3.03. The Balaban J connectivity index is 0.000000396. The minimum absolute atomic E-state index is 0.785. The molecule has 0 aromatic carbocycles. The Hall–Kier alpha value is 0.270. The first kappa shape index (κ1) is 11.3. The Kier molecular flexibility index (Phi) is 4.56. The van der Waals surface area contributed by atoms with E-state index in [1.807, 2.05) is 0 Å². The quantitative estimate of drug-likeness (QED) is 0.638. The predicted molar refractivity (Wildman–Crippen MR) is 60.8 cm³/mol. The first-order valence-corrected chi connectivity index (χ1v) is 5.84. The molecule has 1 unspecified atom stereocenters. The highest BCUT2D eigenvalue weighted by molar-refractivity contribution is 7.77. The van der Waals surface area contributed by atoms with Gasteiger partial charge in [0.15, 0.2) is 0 Å². The van der Waals surface area contributed by atoms with Crippen LogP contribution < -0.4 is 5.14 Å². The molecule has 2 rings (SSSR count). The van der Waals surface area contributed by atoms with Crippen LogP contribution in [0.4, 0.5) is 0 Å². The van der Waals surface area contributed by atoms with Crippen molar-refractivity contribution in [2.75, 3.05) is 0 Å².